The maximum Gasteiger partial charge on any atom is 0.314 e. The Labute approximate surface area is 128 Å². The van der Waals surface area contributed by atoms with E-state index in [0.717, 1.165) is 43.5 Å². The molecule has 5 heteroatoms. The number of hydrogen-bond acceptors (Lipinski definition) is 2. The first-order chi connectivity index (χ1) is 9.75. The highest BCUT2D eigenvalue weighted by Crippen LogP contribution is 2.15. The summed E-state index contributed by atoms with van der Waals surface area (Å²) in [6.45, 7) is 3.01. The van der Waals surface area contributed by atoms with Gasteiger partial charge in [-0.1, -0.05) is 34.1 Å². The molecule has 0 aromatic heterocycles. The summed E-state index contributed by atoms with van der Waals surface area (Å²) in [7, 11) is 0. The minimum absolute atomic E-state index is 0.0801. The van der Waals surface area contributed by atoms with Crippen LogP contribution in [0.3, 0.4) is 0 Å². The van der Waals surface area contributed by atoms with Crippen LogP contribution in [0.25, 0.3) is 0 Å². The molecule has 1 aromatic carbocycles. The second-order valence-corrected chi connectivity index (χ2v) is 5.89. The molecule has 0 saturated carbocycles. The van der Waals surface area contributed by atoms with Crippen molar-refractivity contribution in [1.29, 1.82) is 0 Å². The van der Waals surface area contributed by atoms with Gasteiger partial charge in [0.05, 0.1) is 0 Å². The molecule has 2 N–H and O–H groups in total. The number of carbonyl (C=O) groups excluding carboxylic acids is 1. The molecule has 0 aliphatic carbocycles. The first kappa shape index (κ1) is 15.3. The van der Waals surface area contributed by atoms with Crippen molar-refractivity contribution in [2.45, 2.75) is 19.3 Å². The van der Waals surface area contributed by atoms with Crippen LogP contribution in [-0.2, 0) is 11.2 Å². The Balaban J connectivity index is 1.61. The standard InChI is InChI=1S/C15H21BrN2O2/c16-14-4-2-1-3-13(14)5-8-17-15(19)18-11-12-6-9-20-10-7-12/h1-4,12H,5-11H2,(H2,17,18,19). The van der Waals surface area contributed by atoms with Gasteiger partial charge in [0.25, 0.3) is 0 Å². The molecule has 110 valence electrons. The van der Waals surface area contributed by atoms with Crippen LogP contribution in [0.5, 0.6) is 0 Å². The van der Waals surface area contributed by atoms with Crippen LogP contribution in [0.1, 0.15) is 18.4 Å². The normalized spacial score (nSPS) is 15.8. The van der Waals surface area contributed by atoms with E-state index in [9.17, 15) is 4.79 Å². The summed E-state index contributed by atoms with van der Waals surface area (Å²) in [6, 6.07) is 7.99. The van der Waals surface area contributed by atoms with Crippen molar-refractivity contribution in [1.82, 2.24) is 10.6 Å². The second-order valence-electron chi connectivity index (χ2n) is 5.03. The minimum atomic E-state index is -0.0801. The van der Waals surface area contributed by atoms with Gasteiger partial charge in [-0.15, -0.1) is 0 Å². The van der Waals surface area contributed by atoms with E-state index < -0.39 is 0 Å². The van der Waals surface area contributed by atoms with Crippen LogP contribution in [-0.4, -0.2) is 32.3 Å². The van der Waals surface area contributed by atoms with Gasteiger partial charge in [0.15, 0.2) is 0 Å². The number of benzene rings is 1. The third kappa shape index (κ3) is 5.13. The highest BCUT2D eigenvalue weighted by Gasteiger charge is 2.14. The molecule has 1 saturated heterocycles. The molecule has 0 atom stereocenters. The van der Waals surface area contributed by atoms with Crippen LogP contribution in [0.4, 0.5) is 4.79 Å². The van der Waals surface area contributed by atoms with E-state index in [1.165, 1.54) is 5.56 Å². The summed E-state index contributed by atoms with van der Waals surface area (Å²) < 4.78 is 6.39. The van der Waals surface area contributed by atoms with Crippen molar-refractivity contribution in [3.05, 3.63) is 34.3 Å². The summed E-state index contributed by atoms with van der Waals surface area (Å²) in [6.07, 6.45) is 2.90. The van der Waals surface area contributed by atoms with Crippen LogP contribution in [0.2, 0.25) is 0 Å². The molecular formula is C15H21BrN2O2. The van der Waals surface area contributed by atoms with Crippen LogP contribution in [0, 0.1) is 5.92 Å². The average Bonchev–Trinajstić information content (AvgIpc) is 2.48. The summed E-state index contributed by atoms with van der Waals surface area (Å²) in [5.41, 5.74) is 1.21. The number of amides is 2. The number of carbonyl (C=O) groups is 1. The van der Waals surface area contributed by atoms with Crippen LogP contribution in [0.15, 0.2) is 28.7 Å². The highest BCUT2D eigenvalue weighted by molar-refractivity contribution is 9.10. The number of ether oxygens (including phenoxy) is 1. The fourth-order valence-electron chi connectivity index (χ4n) is 2.26. The van der Waals surface area contributed by atoms with E-state index >= 15 is 0 Å². The van der Waals surface area contributed by atoms with Crippen LogP contribution < -0.4 is 10.6 Å². The zero-order valence-electron chi connectivity index (χ0n) is 11.5. The SMILES string of the molecule is O=C(NCCc1ccccc1Br)NCC1CCOCC1. The number of urea groups is 1. The Bertz CT molecular complexity index is 434. The lowest BCUT2D eigenvalue weighted by Crippen LogP contribution is -2.40. The highest BCUT2D eigenvalue weighted by atomic mass is 79.9. The second kappa shape index (κ2) is 8.27. The van der Waals surface area contributed by atoms with Gasteiger partial charge >= 0.3 is 6.03 Å². The van der Waals surface area contributed by atoms with E-state index in [1.807, 2.05) is 18.2 Å². The zero-order valence-corrected chi connectivity index (χ0v) is 13.1. The minimum Gasteiger partial charge on any atom is -0.381 e. The molecule has 0 radical (unpaired) electrons. The summed E-state index contributed by atoms with van der Waals surface area (Å²) in [5.74, 6) is 0.553. The number of hydrogen-bond donors (Lipinski definition) is 2. The molecular weight excluding hydrogens is 320 g/mol. The smallest absolute Gasteiger partial charge is 0.314 e. The number of rotatable bonds is 5. The molecule has 1 aromatic rings. The zero-order chi connectivity index (χ0) is 14.2. The average molecular weight is 341 g/mol. The van der Waals surface area contributed by atoms with Gasteiger partial charge in [0, 0.05) is 30.8 Å². The summed E-state index contributed by atoms with van der Waals surface area (Å²) in [4.78, 5) is 11.7. The van der Waals surface area contributed by atoms with Gasteiger partial charge in [-0.3, -0.25) is 0 Å². The molecule has 2 rings (SSSR count). The quantitative estimate of drug-likeness (QED) is 0.865. The van der Waals surface area contributed by atoms with E-state index in [0.29, 0.717) is 12.5 Å². The van der Waals surface area contributed by atoms with Gasteiger partial charge in [0.1, 0.15) is 0 Å². The van der Waals surface area contributed by atoms with Crippen molar-refractivity contribution in [3.8, 4) is 0 Å². The van der Waals surface area contributed by atoms with Gasteiger partial charge in [0.2, 0.25) is 0 Å². The fourth-order valence-corrected chi connectivity index (χ4v) is 2.74. The van der Waals surface area contributed by atoms with Crippen LogP contribution >= 0.6 is 15.9 Å². The lowest BCUT2D eigenvalue weighted by atomic mass is 10.0. The third-order valence-electron chi connectivity index (χ3n) is 3.53. The molecule has 4 nitrogen and oxygen atoms in total. The number of halogens is 1. The first-order valence-electron chi connectivity index (χ1n) is 7.08. The van der Waals surface area contributed by atoms with Gasteiger partial charge in [-0.25, -0.2) is 4.79 Å². The maximum absolute atomic E-state index is 11.7. The lowest BCUT2D eigenvalue weighted by molar-refractivity contribution is 0.0669. The topological polar surface area (TPSA) is 50.4 Å². The molecule has 0 bridgehead atoms. The predicted molar refractivity (Wildman–Crippen MR) is 82.8 cm³/mol. The maximum atomic E-state index is 11.7. The van der Waals surface area contributed by atoms with E-state index in [2.05, 4.69) is 32.6 Å². The largest absolute Gasteiger partial charge is 0.381 e. The first-order valence-corrected chi connectivity index (χ1v) is 7.88. The molecule has 2 amide bonds. The van der Waals surface area contributed by atoms with E-state index in [4.69, 9.17) is 4.74 Å². The Morgan fingerprint density at radius 1 is 1.25 bits per heavy atom. The monoisotopic (exact) mass is 340 g/mol. The molecule has 0 spiro atoms. The molecule has 1 fully saturated rings. The molecule has 1 aliphatic rings. The Morgan fingerprint density at radius 2 is 2.00 bits per heavy atom. The van der Waals surface area contributed by atoms with Crippen molar-refractivity contribution >= 4 is 22.0 Å². The third-order valence-corrected chi connectivity index (χ3v) is 4.30. The van der Waals surface area contributed by atoms with Crippen molar-refractivity contribution in [2.75, 3.05) is 26.3 Å². The Kier molecular flexibility index (Phi) is 6.33. The molecule has 0 unspecified atom stereocenters. The fraction of sp³-hybridized carbons (Fsp3) is 0.533. The Morgan fingerprint density at radius 3 is 2.75 bits per heavy atom. The van der Waals surface area contributed by atoms with Crippen molar-refractivity contribution < 1.29 is 9.53 Å². The molecule has 1 heterocycles. The lowest BCUT2D eigenvalue weighted by Gasteiger charge is -2.22. The molecule has 1 aliphatic heterocycles. The van der Waals surface area contributed by atoms with E-state index in [1.54, 1.807) is 0 Å². The Hall–Kier alpha value is -1.07. The number of nitrogens with one attached hydrogen (secondary N) is 2. The predicted octanol–water partition coefficient (Wildman–Crippen LogP) is 2.72. The van der Waals surface area contributed by atoms with Gasteiger partial charge in [-0.2, -0.15) is 0 Å². The van der Waals surface area contributed by atoms with Gasteiger partial charge in [-0.05, 0) is 36.8 Å². The molecule has 20 heavy (non-hydrogen) atoms. The van der Waals surface area contributed by atoms with Gasteiger partial charge < -0.3 is 15.4 Å². The van der Waals surface area contributed by atoms with Crippen molar-refractivity contribution in [3.63, 3.8) is 0 Å². The van der Waals surface area contributed by atoms with Crippen molar-refractivity contribution in [2.24, 2.45) is 5.92 Å². The summed E-state index contributed by atoms with van der Waals surface area (Å²) in [5, 5.41) is 5.83. The van der Waals surface area contributed by atoms with E-state index in [-0.39, 0.29) is 6.03 Å². The summed E-state index contributed by atoms with van der Waals surface area (Å²) >= 11 is 3.51.